The molecule has 6 rings (SSSR count). The fraction of sp³-hybridized carbons (Fsp3) is 0.105. The van der Waals surface area contributed by atoms with Crippen molar-refractivity contribution in [1.82, 2.24) is 0 Å². The summed E-state index contributed by atoms with van der Waals surface area (Å²) in [5, 5.41) is 0. The highest BCUT2D eigenvalue weighted by molar-refractivity contribution is 6.34. The number of carbonyl (C=O) groups excluding carboxylic acids is 2. The van der Waals surface area contributed by atoms with Crippen molar-refractivity contribution in [3.05, 3.63) is 155 Å². The second-order valence-corrected chi connectivity index (χ2v) is 10.9. The van der Waals surface area contributed by atoms with Gasteiger partial charge in [-0.2, -0.15) is 26.3 Å². The van der Waals surface area contributed by atoms with Crippen LogP contribution in [-0.2, 0) is 5.41 Å². The number of alkyl halides is 6. The molecule has 0 saturated heterocycles. The van der Waals surface area contributed by atoms with E-state index in [0.717, 1.165) is 46.9 Å². The van der Waals surface area contributed by atoms with E-state index < -0.39 is 40.7 Å². The maximum atomic E-state index is 14.5. The van der Waals surface area contributed by atoms with Crippen LogP contribution in [0.25, 0.3) is 0 Å². The zero-order valence-electron chi connectivity index (χ0n) is 25.4. The summed E-state index contributed by atoms with van der Waals surface area (Å²) in [7, 11) is 1.24. The molecular formula is C38H23F6NO4. The van der Waals surface area contributed by atoms with Crippen LogP contribution in [0.4, 0.5) is 32.0 Å². The van der Waals surface area contributed by atoms with Crippen LogP contribution >= 0.6 is 0 Å². The van der Waals surface area contributed by atoms with Gasteiger partial charge in [0.2, 0.25) is 5.41 Å². The summed E-state index contributed by atoms with van der Waals surface area (Å²) in [4.78, 5) is 27.4. The lowest BCUT2D eigenvalue weighted by molar-refractivity contribution is -0.288. The van der Waals surface area contributed by atoms with Crippen LogP contribution in [0.2, 0.25) is 0 Å². The topological polar surface area (TPSA) is 55.8 Å². The summed E-state index contributed by atoms with van der Waals surface area (Å²) in [5.74, 6) is 5.10. The predicted octanol–water partition coefficient (Wildman–Crippen LogP) is 9.10. The van der Waals surface area contributed by atoms with Crippen molar-refractivity contribution >= 4 is 17.5 Å². The van der Waals surface area contributed by atoms with Gasteiger partial charge in [0.25, 0.3) is 11.8 Å². The molecule has 5 aromatic carbocycles. The number of halogens is 6. The van der Waals surface area contributed by atoms with Gasteiger partial charge >= 0.3 is 12.4 Å². The minimum atomic E-state index is -5.75. The molecule has 49 heavy (non-hydrogen) atoms. The highest BCUT2D eigenvalue weighted by Gasteiger charge is 2.72. The Kier molecular flexibility index (Phi) is 8.42. The summed E-state index contributed by atoms with van der Waals surface area (Å²) in [6, 6.07) is 26.6. The van der Waals surface area contributed by atoms with E-state index in [2.05, 4.69) is 11.8 Å². The second-order valence-electron chi connectivity index (χ2n) is 10.9. The van der Waals surface area contributed by atoms with E-state index in [1.165, 1.54) is 37.4 Å². The molecule has 0 aliphatic carbocycles. The standard InChI is InChI=1S/C38H23F6NO4/c1-48-29-16-10-26(11-17-29)36(37(39,40)41,38(42,43)44)27-12-18-30(19-13-27)49-31-20-14-28(15-21-31)45-34(46)32-22-9-25(23-33(32)35(45)47)8-7-24-5-3-2-4-6-24/h2-6,9-23H,1H3. The van der Waals surface area contributed by atoms with Gasteiger partial charge in [0.15, 0.2) is 0 Å². The van der Waals surface area contributed by atoms with Crippen molar-refractivity contribution in [2.24, 2.45) is 0 Å². The average Bonchev–Trinajstić information content (AvgIpc) is 3.33. The van der Waals surface area contributed by atoms with Gasteiger partial charge in [0.1, 0.15) is 17.2 Å². The fourth-order valence-corrected chi connectivity index (χ4v) is 5.61. The normalized spacial score (nSPS) is 13.1. The zero-order valence-corrected chi connectivity index (χ0v) is 25.4. The van der Waals surface area contributed by atoms with Crippen LogP contribution in [0.1, 0.15) is 43.0 Å². The molecule has 0 atom stereocenters. The van der Waals surface area contributed by atoms with Crippen molar-refractivity contribution in [2.45, 2.75) is 17.8 Å². The van der Waals surface area contributed by atoms with E-state index in [1.807, 2.05) is 30.3 Å². The van der Waals surface area contributed by atoms with Gasteiger partial charge in [-0.25, -0.2) is 4.90 Å². The Morgan fingerprint density at radius 2 is 1.04 bits per heavy atom. The Labute approximate surface area is 276 Å². The molecule has 1 aliphatic heterocycles. The van der Waals surface area contributed by atoms with Crippen molar-refractivity contribution < 1.29 is 45.4 Å². The van der Waals surface area contributed by atoms with E-state index in [-0.39, 0.29) is 34.1 Å². The van der Waals surface area contributed by atoms with Gasteiger partial charge in [-0.1, -0.05) is 54.3 Å². The average molecular weight is 672 g/mol. The number of ether oxygens (including phenoxy) is 2. The highest BCUT2D eigenvalue weighted by atomic mass is 19.4. The molecule has 5 nitrogen and oxygen atoms in total. The number of amides is 2. The number of rotatable bonds is 6. The number of benzene rings is 5. The van der Waals surface area contributed by atoms with Crippen molar-refractivity contribution in [2.75, 3.05) is 12.0 Å². The largest absolute Gasteiger partial charge is 0.497 e. The van der Waals surface area contributed by atoms with Crippen LogP contribution in [0, 0.1) is 11.8 Å². The smallest absolute Gasteiger partial charge is 0.411 e. The molecule has 0 fully saturated rings. The SMILES string of the molecule is COc1ccc(C(c2ccc(Oc3ccc(N4C(=O)c5ccc(C#Cc6ccccc6)cc5C4=O)cc3)cc2)(C(F)(F)F)C(F)(F)F)cc1. The molecule has 0 bridgehead atoms. The quantitative estimate of drug-likeness (QED) is 0.103. The first kappa shape index (κ1) is 32.9. The van der Waals surface area contributed by atoms with E-state index >= 15 is 0 Å². The first-order valence-corrected chi connectivity index (χ1v) is 14.6. The van der Waals surface area contributed by atoms with Gasteiger partial charge in [0.05, 0.1) is 23.9 Å². The fourth-order valence-electron chi connectivity index (χ4n) is 5.61. The van der Waals surface area contributed by atoms with Crippen LogP contribution in [0.5, 0.6) is 17.2 Å². The van der Waals surface area contributed by atoms with E-state index in [9.17, 15) is 35.9 Å². The molecular weight excluding hydrogens is 648 g/mol. The molecule has 11 heteroatoms. The molecule has 0 unspecified atom stereocenters. The van der Waals surface area contributed by atoms with Crippen LogP contribution in [0.15, 0.2) is 121 Å². The maximum Gasteiger partial charge on any atom is 0.411 e. The van der Waals surface area contributed by atoms with Gasteiger partial charge in [-0.05, 0) is 90.0 Å². The molecule has 0 spiro atoms. The van der Waals surface area contributed by atoms with Gasteiger partial charge in [-0.15, -0.1) is 0 Å². The summed E-state index contributed by atoms with van der Waals surface area (Å²) in [6.45, 7) is 0. The van der Waals surface area contributed by atoms with E-state index in [4.69, 9.17) is 9.47 Å². The maximum absolute atomic E-state index is 14.5. The minimum Gasteiger partial charge on any atom is -0.497 e. The predicted molar refractivity (Wildman–Crippen MR) is 169 cm³/mol. The molecule has 2 amide bonds. The number of imide groups is 1. The Hall–Kier alpha value is -6.02. The zero-order chi connectivity index (χ0) is 35.0. The Morgan fingerprint density at radius 1 is 0.551 bits per heavy atom. The number of carbonyl (C=O) groups is 2. The third-order valence-electron chi connectivity index (χ3n) is 8.00. The number of hydrogen-bond acceptors (Lipinski definition) is 4. The second kappa shape index (κ2) is 12.5. The molecule has 1 aliphatic rings. The molecule has 0 aromatic heterocycles. The minimum absolute atomic E-state index is 0.0469. The first-order valence-electron chi connectivity index (χ1n) is 14.6. The van der Waals surface area contributed by atoms with E-state index in [0.29, 0.717) is 17.7 Å². The summed E-state index contributed by atoms with van der Waals surface area (Å²) in [5.41, 5.74) is -4.45. The summed E-state index contributed by atoms with van der Waals surface area (Å²) < 4.78 is 97.3. The molecule has 0 radical (unpaired) electrons. The molecule has 5 aromatic rings. The number of hydrogen-bond donors (Lipinski definition) is 0. The number of methoxy groups -OCH3 is 1. The number of anilines is 1. The molecule has 0 N–H and O–H groups in total. The Bertz CT molecular complexity index is 2060. The molecule has 0 saturated carbocycles. The van der Waals surface area contributed by atoms with Crippen LogP contribution in [0.3, 0.4) is 0 Å². The lowest BCUT2D eigenvalue weighted by Gasteiger charge is -2.38. The van der Waals surface area contributed by atoms with Crippen molar-refractivity contribution in [3.63, 3.8) is 0 Å². The van der Waals surface area contributed by atoms with Gasteiger partial charge in [0, 0.05) is 11.1 Å². The lowest BCUT2D eigenvalue weighted by Crippen LogP contribution is -2.54. The lowest BCUT2D eigenvalue weighted by atomic mass is 9.73. The van der Waals surface area contributed by atoms with Crippen LogP contribution in [-0.4, -0.2) is 31.3 Å². The van der Waals surface area contributed by atoms with Gasteiger partial charge in [-0.3, -0.25) is 9.59 Å². The molecule has 246 valence electrons. The third kappa shape index (κ3) is 5.97. The monoisotopic (exact) mass is 671 g/mol. The Morgan fingerprint density at radius 3 is 1.57 bits per heavy atom. The Balaban J connectivity index is 1.22. The van der Waals surface area contributed by atoms with Crippen molar-refractivity contribution in [1.29, 1.82) is 0 Å². The number of fused-ring (bicyclic) bond motifs is 1. The highest BCUT2D eigenvalue weighted by Crippen LogP contribution is 2.56. The van der Waals surface area contributed by atoms with Gasteiger partial charge < -0.3 is 9.47 Å². The van der Waals surface area contributed by atoms with Crippen LogP contribution < -0.4 is 14.4 Å². The summed E-state index contributed by atoms with van der Waals surface area (Å²) >= 11 is 0. The number of nitrogens with zero attached hydrogens (tertiary/aromatic N) is 1. The molecule has 1 heterocycles. The third-order valence-corrected chi connectivity index (χ3v) is 8.00. The van der Waals surface area contributed by atoms with Crippen molar-refractivity contribution in [3.8, 4) is 29.1 Å². The van der Waals surface area contributed by atoms with E-state index in [1.54, 1.807) is 12.1 Å². The summed E-state index contributed by atoms with van der Waals surface area (Å²) in [6.07, 6.45) is -11.5. The first-order chi connectivity index (χ1) is 23.3.